The summed E-state index contributed by atoms with van der Waals surface area (Å²) < 4.78 is 22.3. The van der Waals surface area contributed by atoms with Gasteiger partial charge in [0.15, 0.2) is 17.6 Å². The minimum atomic E-state index is -3.77. The molecule has 7 nitrogen and oxygen atoms in total. The quantitative estimate of drug-likeness (QED) is 0.609. The molecule has 0 saturated carbocycles. The zero-order chi connectivity index (χ0) is 16.9. The second kappa shape index (κ2) is 7.37. The molecule has 0 aliphatic rings. The van der Waals surface area contributed by atoms with Gasteiger partial charge in [-0.3, -0.25) is 9.59 Å². The molecule has 22 heavy (non-hydrogen) atoms. The number of ketones is 2. The first kappa shape index (κ1) is 18.1. The van der Waals surface area contributed by atoms with Crippen LogP contribution in [0.25, 0.3) is 0 Å². The van der Waals surface area contributed by atoms with Crippen molar-refractivity contribution in [1.82, 2.24) is 0 Å². The van der Waals surface area contributed by atoms with Crippen LogP contribution >= 0.6 is 0 Å². The lowest BCUT2D eigenvalue weighted by Crippen LogP contribution is -2.26. The van der Waals surface area contributed by atoms with E-state index in [1.54, 1.807) is 0 Å². The number of hydrogen-bond donors (Lipinski definition) is 1. The number of primary sulfonamides is 1. The normalized spacial score (nSPS) is 13.5. The first-order valence-corrected chi connectivity index (χ1v) is 8.22. The highest BCUT2D eigenvalue weighted by molar-refractivity contribution is 7.89. The van der Waals surface area contributed by atoms with Crippen LogP contribution in [0.15, 0.2) is 39.4 Å². The topological polar surface area (TPSA) is 119 Å². The van der Waals surface area contributed by atoms with Gasteiger partial charge in [-0.2, -0.15) is 10.2 Å². The van der Waals surface area contributed by atoms with Crippen molar-refractivity contribution in [1.29, 1.82) is 0 Å². The molecule has 0 bridgehead atoms. The molecule has 0 heterocycles. The van der Waals surface area contributed by atoms with Crippen LogP contribution in [-0.4, -0.2) is 26.0 Å². The minimum Gasteiger partial charge on any atom is -0.297 e. The second-order valence-electron chi connectivity index (χ2n) is 5.33. The Labute approximate surface area is 129 Å². The largest absolute Gasteiger partial charge is 0.297 e. The predicted molar refractivity (Wildman–Crippen MR) is 81.3 cm³/mol. The molecule has 0 aliphatic carbocycles. The van der Waals surface area contributed by atoms with Gasteiger partial charge in [0.25, 0.3) is 0 Å². The zero-order valence-electron chi connectivity index (χ0n) is 12.7. The molecule has 1 aromatic carbocycles. The fourth-order valence-corrected chi connectivity index (χ4v) is 2.23. The van der Waals surface area contributed by atoms with Gasteiger partial charge < -0.3 is 0 Å². The van der Waals surface area contributed by atoms with E-state index in [0.29, 0.717) is 5.69 Å². The summed E-state index contributed by atoms with van der Waals surface area (Å²) in [4.78, 5) is 23.4. The minimum absolute atomic E-state index is 0.0505. The number of sulfonamides is 1. The number of azo groups is 1. The summed E-state index contributed by atoms with van der Waals surface area (Å²) in [7, 11) is -3.77. The van der Waals surface area contributed by atoms with E-state index in [9.17, 15) is 18.0 Å². The van der Waals surface area contributed by atoms with Gasteiger partial charge in [0, 0.05) is 6.42 Å². The number of nitrogens with zero attached hydrogens (tertiary/aromatic N) is 2. The van der Waals surface area contributed by atoms with Crippen molar-refractivity contribution in [3.05, 3.63) is 24.3 Å². The van der Waals surface area contributed by atoms with Crippen LogP contribution in [0.5, 0.6) is 0 Å². The van der Waals surface area contributed by atoms with Gasteiger partial charge in [0.2, 0.25) is 10.0 Å². The van der Waals surface area contributed by atoms with Crippen molar-refractivity contribution in [3.63, 3.8) is 0 Å². The molecule has 1 atom stereocenters. The molecule has 8 heteroatoms. The molecular weight excluding hydrogens is 306 g/mol. The Hall–Kier alpha value is -1.93. The number of carbonyl (C=O) groups is 2. The van der Waals surface area contributed by atoms with E-state index in [-0.39, 0.29) is 28.8 Å². The number of nitrogens with two attached hydrogens (primary N) is 1. The van der Waals surface area contributed by atoms with Crippen LogP contribution in [0.3, 0.4) is 0 Å². The van der Waals surface area contributed by atoms with E-state index in [2.05, 4.69) is 10.2 Å². The van der Waals surface area contributed by atoms with Gasteiger partial charge in [-0.15, -0.1) is 0 Å². The third-order valence-electron chi connectivity index (χ3n) is 2.75. The molecular formula is C14H19N3O4S. The standard InChI is InChI=1S/C14H19N3O4S/c1-9(2)8-13(19)14(10(3)18)17-16-11-4-6-12(7-5-11)22(15,20)21/h4-7,9,14H,8H2,1-3H3,(H2,15,20,21). The van der Waals surface area contributed by atoms with Crippen LogP contribution in [0.1, 0.15) is 27.2 Å². The van der Waals surface area contributed by atoms with Crippen LogP contribution in [0.2, 0.25) is 0 Å². The summed E-state index contributed by atoms with van der Waals surface area (Å²) >= 11 is 0. The monoisotopic (exact) mass is 325 g/mol. The molecule has 0 aromatic heterocycles. The lowest BCUT2D eigenvalue weighted by atomic mass is 10.0. The Balaban J connectivity index is 2.92. The van der Waals surface area contributed by atoms with Gasteiger partial charge >= 0.3 is 0 Å². The molecule has 120 valence electrons. The highest BCUT2D eigenvalue weighted by Gasteiger charge is 2.23. The summed E-state index contributed by atoms with van der Waals surface area (Å²) in [5.74, 6) is -0.540. The van der Waals surface area contributed by atoms with E-state index in [0.717, 1.165) is 0 Å². The summed E-state index contributed by atoms with van der Waals surface area (Å²) in [6, 6.07) is 4.23. The number of rotatable bonds is 7. The molecule has 0 fully saturated rings. The van der Waals surface area contributed by atoms with Gasteiger partial charge in [-0.25, -0.2) is 13.6 Å². The van der Waals surface area contributed by atoms with Crippen LogP contribution < -0.4 is 5.14 Å². The number of Topliss-reactive ketones (excluding diaryl/α,β-unsaturated/α-hetero) is 2. The Kier molecular flexibility index (Phi) is 6.07. The van der Waals surface area contributed by atoms with E-state index in [1.807, 2.05) is 13.8 Å². The Morgan fingerprint density at radius 1 is 1.18 bits per heavy atom. The summed E-state index contributed by atoms with van der Waals surface area (Å²) in [6.45, 7) is 5.03. The van der Waals surface area contributed by atoms with Crippen molar-refractivity contribution >= 4 is 27.3 Å². The van der Waals surface area contributed by atoms with E-state index < -0.39 is 16.1 Å². The molecule has 0 radical (unpaired) electrons. The van der Waals surface area contributed by atoms with Crippen molar-refractivity contribution in [2.45, 2.75) is 38.1 Å². The fraction of sp³-hybridized carbons (Fsp3) is 0.429. The molecule has 0 saturated heterocycles. The van der Waals surface area contributed by atoms with Crippen LogP contribution in [0.4, 0.5) is 5.69 Å². The predicted octanol–water partition coefficient (Wildman–Crippen LogP) is 1.99. The summed E-state index contributed by atoms with van der Waals surface area (Å²) in [5, 5.41) is 12.6. The smallest absolute Gasteiger partial charge is 0.238 e. The van der Waals surface area contributed by atoms with E-state index in [4.69, 9.17) is 5.14 Å². The Bertz CT molecular complexity index is 679. The lowest BCUT2D eigenvalue weighted by molar-refractivity contribution is -0.128. The summed E-state index contributed by atoms with van der Waals surface area (Å²) in [6.07, 6.45) is 0.244. The van der Waals surface area contributed by atoms with Gasteiger partial charge in [-0.05, 0) is 37.1 Å². The van der Waals surface area contributed by atoms with Crippen molar-refractivity contribution in [3.8, 4) is 0 Å². The number of benzene rings is 1. The molecule has 1 rings (SSSR count). The molecule has 0 amide bonds. The maximum Gasteiger partial charge on any atom is 0.238 e. The highest BCUT2D eigenvalue weighted by atomic mass is 32.2. The van der Waals surface area contributed by atoms with Crippen molar-refractivity contribution in [2.24, 2.45) is 21.3 Å². The molecule has 0 spiro atoms. The van der Waals surface area contributed by atoms with Crippen LogP contribution in [0, 0.1) is 5.92 Å². The van der Waals surface area contributed by atoms with E-state index >= 15 is 0 Å². The van der Waals surface area contributed by atoms with Gasteiger partial charge in [0.1, 0.15) is 0 Å². The molecule has 2 N–H and O–H groups in total. The SMILES string of the molecule is CC(=O)C(N=Nc1ccc(S(N)(=O)=O)cc1)C(=O)CC(C)C. The lowest BCUT2D eigenvalue weighted by Gasteiger charge is -2.08. The average Bonchev–Trinajstić information content (AvgIpc) is 2.37. The highest BCUT2D eigenvalue weighted by Crippen LogP contribution is 2.17. The number of hydrogen-bond acceptors (Lipinski definition) is 6. The zero-order valence-corrected chi connectivity index (χ0v) is 13.5. The van der Waals surface area contributed by atoms with E-state index in [1.165, 1.54) is 31.2 Å². The van der Waals surface area contributed by atoms with Crippen LogP contribution in [-0.2, 0) is 19.6 Å². The maximum absolute atomic E-state index is 11.9. The van der Waals surface area contributed by atoms with Crippen molar-refractivity contribution in [2.75, 3.05) is 0 Å². The number of carbonyl (C=O) groups excluding carboxylic acids is 2. The fourth-order valence-electron chi connectivity index (χ4n) is 1.71. The molecule has 1 aromatic rings. The third kappa shape index (κ3) is 5.45. The molecule has 0 aliphatic heterocycles. The Morgan fingerprint density at radius 2 is 1.73 bits per heavy atom. The average molecular weight is 325 g/mol. The first-order valence-electron chi connectivity index (χ1n) is 6.68. The maximum atomic E-state index is 11.9. The second-order valence-corrected chi connectivity index (χ2v) is 6.89. The van der Waals surface area contributed by atoms with Gasteiger partial charge in [0.05, 0.1) is 10.6 Å². The van der Waals surface area contributed by atoms with Crippen molar-refractivity contribution < 1.29 is 18.0 Å². The van der Waals surface area contributed by atoms with Gasteiger partial charge in [-0.1, -0.05) is 13.8 Å². The Morgan fingerprint density at radius 3 is 2.14 bits per heavy atom. The first-order chi connectivity index (χ1) is 10.1. The third-order valence-corrected chi connectivity index (χ3v) is 3.68. The molecule has 1 unspecified atom stereocenters. The summed E-state index contributed by atoms with van der Waals surface area (Å²) in [5.41, 5.74) is 0.330.